The Labute approximate surface area is 75.9 Å². The standard InChI is InChI=1S/C8H14O5/c1-3(2)4(9)7-5(10)6(11)8(12)13-7/h5-12H,1-2H3/t5-,6-,7-,8?/m0/s1. The van der Waals surface area contributed by atoms with E-state index in [0.29, 0.717) is 5.57 Å². The number of allylic oxidation sites excluding steroid dienone is 1. The van der Waals surface area contributed by atoms with Crippen molar-refractivity contribution in [2.45, 2.75) is 38.4 Å². The van der Waals surface area contributed by atoms with E-state index >= 15 is 0 Å². The smallest absolute Gasteiger partial charge is 0.184 e. The van der Waals surface area contributed by atoms with Crippen molar-refractivity contribution in [3.63, 3.8) is 0 Å². The van der Waals surface area contributed by atoms with Crippen molar-refractivity contribution >= 4 is 0 Å². The van der Waals surface area contributed by atoms with Crippen molar-refractivity contribution < 1.29 is 25.2 Å². The van der Waals surface area contributed by atoms with E-state index in [0.717, 1.165) is 0 Å². The number of hydrogen-bond acceptors (Lipinski definition) is 5. The van der Waals surface area contributed by atoms with E-state index in [1.165, 1.54) is 0 Å². The fraction of sp³-hybridized carbons (Fsp3) is 0.750. The van der Waals surface area contributed by atoms with Crippen LogP contribution in [-0.4, -0.2) is 45.0 Å². The highest BCUT2D eigenvalue weighted by molar-refractivity contribution is 5.11. The summed E-state index contributed by atoms with van der Waals surface area (Å²) in [5.74, 6) is -0.150. The van der Waals surface area contributed by atoms with Gasteiger partial charge in [0.05, 0.1) is 0 Å². The zero-order valence-electron chi connectivity index (χ0n) is 7.51. The van der Waals surface area contributed by atoms with E-state index in [1.807, 2.05) is 0 Å². The second-order valence-electron chi connectivity index (χ2n) is 3.31. The Kier molecular flexibility index (Phi) is 2.92. The molecule has 1 unspecified atom stereocenters. The molecule has 4 N–H and O–H groups in total. The summed E-state index contributed by atoms with van der Waals surface area (Å²) in [6.07, 6.45) is -5.13. The van der Waals surface area contributed by atoms with Gasteiger partial charge < -0.3 is 25.2 Å². The minimum atomic E-state index is -1.44. The molecule has 76 valence electrons. The third-order valence-electron chi connectivity index (χ3n) is 2.02. The molecule has 5 nitrogen and oxygen atoms in total. The first-order valence-electron chi connectivity index (χ1n) is 4.01. The van der Waals surface area contributed by atoms with Crippen LogP contribution in [0.4, 0.5) is 0 Å². The van der Waals surface area contributed by atoms with Gasteiger partial charge in [-0.25, -0.2) is 0 Å². The summed E-state index contributed by atoms with van der Waals surface area (Å²) in [4.78, 5) is 0. The topological polar surface area (TPSA) is 90.2 Å². The third-order valence-corrected chi connectivity index (χ3v) is 2.02. The number of hydrogen-bond donors (Lipinski definition) is 4. The van der Waals surface area contributed by atoms with Gasteiger partial charge in [0.2, 0.25) is 0 Å². The average molecular weight is 190 g/mol. The molecule has 0 amide bonds. The van der Waals surface area contributed by atoms with Crippen LogP contribution in [0.25, 0.3) is 0 Å². The van der Waals surface area contributed by atoms with Crippen molar-refractivity contribution in [1.29, 1.82) is 0 Å². The van der Waals surface area contributed by atoms with Crippen LogP contribution in [-0.2, 0) is 4.74 Å². The molecule has 0 saturated carbocycles. The maximum absolute atomic E-state index is 9.40. The monoisotopic (exact) mass is 190 g/mol. The molecule has 1 aliphatic heterocycles. The largest absolute Gasteiger partial charge is 0.510 e. The highest BCUT2D eigenvalue weighted by atomic mass is 16.6. The van der Waals surface area contributed by atoms with Gasteiger partial charge in [-0.15, -0.1) is 0 Å². The van der Waals surface area contributed by atoms with Crippen molar-refractivity contribution in [2.75, 3.05) is 0 Å². The van der Waals surface area contributed by atoms with E-state index in [4.69, 9.17) is 14.9 Å². The highest BCUT2D eigenvalue weighted by Crippen LogP contribution is 2.25. The first-order valence-corrected chi connectivity index (χ1v) is 4.01. The Balaban J connectivity index is 2.80. The molecule has 0 bridgehead atoms. The molecule has 0 aromatic heterocycles. The lowest BCUT2D eigenvalue weighted by molar-refractivity contribution is -0.125. The predicted octanol–water partition coefficient (Wildman–Crippen LogP) is -0.723. The summed E-state index contributed by atoms with van der Waals surface area (Å²) in [6, 6.07) is 0. The van der Waals surface area contributed by atoms with Crippen LogP contribution in [0.5, 0.6) is 0 Å². The molecule has 1 fully saturated rings. The number of ether oxygens (including phenoxy) is 1. The van der Waals surface area contributed by atoms with Gasteiger partial charge in [0, 0.05) is 0 Å². The molecular weight excluding hydrogens is 176 g/mol. The van der Waals surface area contributed by atoms with Crippen molar-refractivity contribution in [3.05, 3.63) is 11.3 Å². The Hall–Kier alpha value is -0.620. The number of rotatable bonds is 1. The minimum absolute atomic E-state index is 0.150. The molecule has 0 spiro atoms. The van der Waals surface area contributed by atoms with Crippen LogP contribution in [0.2, 0.25) is 0 Å². The summed E-state index contributed by atoms with van der Waals surface area (Å²) in [5, 5.41) is 36.8. The second kappa shape index (κ2) is 3.63. The third kappa shape index (κ3) is 1.83. The zero-order chi connectivity index (χ0) is 10.2. The van der Waals surface area contributed by atoms with Crippen molar-refractivity contribution in [3.8, 4) is 0 Å². The number of aliphatic hydroxyl groups excluding tert-OH is 4. The van der Waals surface area contributed by atoms with E-state index in [9.17, 15) is 10.2 Å². The fourth-order valence-electron chi connectivity index (χ4n) is 1.17. The molecule has 0 aromatic carbocycles. The summed E-state index contributed by atoms with van der Waals surface area (Å²) in [7, 11) is 0. The molecular formula is C8H14O5. The van der Waals surface area contributed by atoms with Crippen LogP contribution in [0, 0.1) is 0 Å². The summed E-state index contributed by atoms with van der Waals surface area (Å²) in [6.45, 7) is 3.28. The zero-order valence-corrected chi connectivity index (χ0v) is 7.51. The molecule has 1 saturated heterocycles. The Morgan fingerprint density at radius 2 is 1.62 bits per heavy atom. The molecule has 0 aromatic rings. The first-order chi connectivity index (χ1) is 5.95. The van der Waals surface area contributed by atoms with E-state index in [1.54, 1.807) is 13.8 Å². The Morgan fingerprint density at radius 3 is 1.92 bits per heavy atom. The summed E-state index contributed by atoms with van der Waals surface area (Å²) < 4.78 is 4.76. The molecule has 5 heteroatoms. The molecule has 13 heavy (non-hydrogen) atoms. The van der Waals surface area contributed by atoms with E-state index in [-0.39, 0.29) is 5.76 Å². The van der Waals surface area contributed by atoms with Gasteiger partial charge in [0.15, 0.2) is 6.29 Å². The van der Waals surface area contributed by atoms with Crippen LogP contribution in [0.15, 0.2) is 11.3 Å². The van der Waals surface area contributed by atoms with Gasteiger partial charge >= 0.3 is 0 Å². The van der Waals surface area contributed by atoms with E-state index in [2.05, 4.69) is 0 Å². The minimum Gasteiger partial charge on any atom is -0.510 e. The Bertz CT molecular complexity index is 221. The molecule has 1 aliphatic rings. The van der Waals surface area contributed by atoms with Gasteiger partial charge in [-0.3, -0.25) is 0 Å². The molecule has 1 rings (SSSR count). The fourth-order valence-corrected chi connectivity index (χ4v) is 1.17. The summed E-state index contributed by atoms with van der Waals surface area (Å²) in [5.41, 5.74) is 0.574. The normalized spacial score (nSPS) is 39.2. The van der Waals surface area contributed by atoms with Gasteiger partial charge in [0.1, 0.15) is 24.1 Å². The lowest BCUT2D eigenvalue weighted by Crippen LogP contribution is -2.33. The van der Waals surface area contributed by atoms with Gasteiger partial charge in [-0.2, -0.15) is 0 Å². The number of aliphatic hydroxyl groups is 4. The van der Waals surface area contributed by atoms with Gasteiger partial charge in [-0.05, 0) is 19.4 Å². The van der Waals surface area contributed by atoms with Crippen molar-refractivity contribution in [2.24, 2.45) is 0 Å². The Morgan fingerprint density at radius 1 is 1.08 bits per heavy atom. The molecule has 1 heterocycles. The maximum atomic E-state index is 9.40. The van der Waals surface area contributed by atoms with Gasteiger partial charge in [-0.1, -0.05) is 0 Å². The van der Waals surface area contributed by atoms with Crippen LogP contribution >= 0.6 is 0 Å². The van der Waals surface area contributed by atoms with Gasteiger partial charge in [0.25, 0.3) is 0 Å². The summed E-state index contributed by atoms with van der Waals surface area (Å²) >= 11 is 0. The molecule has 4 atom stereocenters. The lowest BCUT2D eigenvalue weighted by Gasteiger charge is -2.14. The highest BCUT2D eigenvalue weighted by Gasteiger charge is 2.44. The van der Waals surface area contributed by atoms with Crippen LogP contribution in [0.1, 0.15) is 13.8 Å². The SMILES string of the molecule is CC(C)=C(O)[C@@H]1OC(O)[C@@H](O)[C@@H]1O. The second-order valence-corrected chi connectivity index (χ2v) is 3.31. The van der Waals surface area contributed by atoms with Crippen molar-refractivity contribution in [1.82, 2.24) is 0 Å². The maximum Gasteiger partial charge on any atom is 0.184 e. The average Bonchev–Trinajstić information content (AvgIpc) is 2.31. The first kappa shape index (κ1) is 10.5. The molecule has 0 aliphatic carbocycles. The van der Waals surface area contributed by atoms with Crippen LogP contribution < -0.4 is 0 Å². The van der Waals surface area contributed by atoms with Crippen LogP contribution in [0.3, 0.4) is 0 Å². The molecule has 0 radical (unpaired) electrons. The lowest BCUT2D eigenvalue weighted by atomic mass is 10.1. The predicted molar refractivity (Wildman–Crippen MR) is 43.9 cm³/mol. The quantitative estimate of drug-likeness (QED) is 0.409. The van der Waals surface area contributed by atoms with E-state index < -0.39 is 24.6 Å².